The first kappa shape index (κ1) is 13.3. The van der Waals surface area contributed by atoms with Crippen molar-refractivity contribution < 1.29 is 8.42 Å². The number of nitrogens with one attached hydrogen (secondary N) is 1. The van der Waals surface area contributed by atoms with Crippen LogP contribution in [0.4, 0.5) is 5.69 Å². The second-order valence-electron chi connectivity index (χ2n) is 4.67. The summed E-state index contributed by atoms with van der Waals surface area (Å²) >= 11 is 0. The number of sulfonamides is 1. The molecule has 100 valence electrons. The number of hydrogen-bond acceptors (Lipinski definition) is 4. The molecule has 1 fully saturated rings. The van der Waals surface area contributed by atoms with Gasteiger partial charge in [-0.1, -0.05) is 0 Å². The van der Waals surface area contributed by atoms with Gasteiger partial charge < -0.3 is 5.32 Å². The topological polar surface area (TPSA) is 62.3 Å². The predicted molar refractivity (Wildman–Crippen MR) is 72.0 cm³/mol. The highest BCUT2D eigenvalue weighted by molar-refractivity contribution is 7.92. The summed E-state index contributed by atoms with van der Waals surface area (Å²) in [5, 5.41) is 3.24. The zero-order valence-electron chi connectivity index (χ0n) is 10.5. The number of hydrogen-bond donors (Lipinski definition) is 1. The smallest absolute Gasteiger partial charge is 0.235 e. The Morgan fingerprint density at radius 3 is 3.00 bits per heavy atom. The van der Waals surface area contributed by atoms with E-state index in [1.54, 1.807) is 31.6 Å². The molecule has 0 saturated carbocycles. The molecule has 1 atom stereocenters. The van der Waals surface area contributed by atoms with E-state index in [1.807, 2.05) is 0 Å². The van der Waals surface area contributed by atoms with Gasteiger partial charge in [0.1, 0.15) is 0 Å². The van der Waals surface area contributed by atoms with Crippen molar-refractivity contribution in [2.75, 3.05) is 30.2 Å². The van der Waals surface area contributed by atoms with Gasteiger partial charge in [0.05, 0.1) is 17.6 Å². The van der Waals surface area contributed by atoms with Gasteiger partial charge in [0.15, 0.2) is 0 Å². The van der Waals surface area contributed by atoms with Crippen LogP contribution in [0.2, 0.25) is 0 Å². The second-order valence-corrected chi connectivity index (χ2v) is 6.71. The molecule has 2 rings (SSSR count). The molecule has 6 heteroatoms. The van der Waals surface area contributed by atoms with E-state index in [-0.39, 0.29) is 11.7 Å². The van der Waals surface area contributed by atoms with Gasteiger partial charge in [-0.3, -0.25) is 9.29 Å². The maximum absolute atomic E-state index is 12.3. The molecule has 1 aromatic heterocycles. The third-order valence-corrected chi connectivity index (χ3v) is 5.21. The minimum Gasteiger partial charge on any atom is -0.316 e. The van der Waals surface area contributed by atoms with Gasteiger partial charge in [-0.15, -0.1) is 0 Å². The maximum Gasteiger partial charge on any atom is 0.235 e. The summed E-state index contributed by atoms with van der Waals surface area (Å²) in [4.78, 5) is 3.95. The van der Waals surface area contributed by atoms with E-state index in [4.69, 9.17) is 0 Å². The van der Waals surface area contributed by atoms with Gasteiger partial charge in [-0.2, -0.15) is 0 Å². The van der Waals surface area contributed by atoms with E-state index in [1.165, 1.54) is 4.31 Å². The van der Waals surface area contributed by atoms with Gasteiger partial charge in [-0.25, -0.2) is 8.42 Å². The van der Waals surface area contributed by atoms with Crippen LogP contribution in [0.3, 0.4) is 0 Å². The van der Waals surface area contributed by atoms with Crippen LogP contribution in [0, 0.1) is 5.92 Å². The molecule has 1 aromatic rings. The Balaban J connectivity index is 2.06. The van der Waals surface area contributed by atoms with Gasteiger partial charge in [0.25, 0.3) is 0 Å². The summed E-state index contributed by atoms with van der Waals surface area (Å²) in [6.07, 6.45) is 5.23. The van der Waals surface area contributed by atoms with Gasteiger partial charge in [-0.05, 0) is 44.0 Å². The molecule has 1 aliphatic heterocycles. The first-order valence-corrected chi connectivity index (χ1v) is 7.78. The highest BCUT2D eigenvalue weighted by Gasteiger charge is 2.25. The quantitative estimate of drug-likeness (QED) is 0.880. The lowest BCUT2D eigenvalue weighted by Gasteiger charge is -2.26. The highest BCUT2D eigenvalue weighted by atomic mass is 32.2. The third kappa shape index (κ3) is 3.20. The van der Waals surface area contributed by atoms with Crippen molar-refractivity contribution in [2.24, 2.45) is 5.92 Å². The van der Waals surface area contributed by atoms with Crippen LogP contribution in [-0.2, 0) is 10.0 Å². The Hall–Kier alpha value is -1.14. The van der Waals surface area contributed by atoms with Gasteiger partial charge in [0, 0.05) is 13.2 Å². The van der Waals surface area contributed by atoms with Crippen molar-refractivity contribution in [3.63, 3.8) is 0 Å². The molecule has 0 spiro atoms. The molecular formula is C12H19N3O2S. The fourth-order valence-electron chi connectivity index (χ4n) is 2.18. The lowest BCUT2D eigenvalue weighted by Crippen LogP contribution is -2.38. The third-order valence-electron chi connectivity index (χ3n) is 3.27. The standard InChI is InChI=1S/C12H19N3O2S/c1-15(12-5-3-7-14-9-12)18(16,17)10-11-4-2-6-13-8-11/h3,5,7,9,11,13H,2,4,6,8,10H2,1H3. The molecule has 0 bridgehead atoms. The lowest BCUT2D eigenvalue weighted by molar-refractivity contribution is 0.404. The summed E-state index contributed by atoms with van der Waals surface area (Å²) in [7, 11) is -1.67. The van der Waals surface area contributed by atoms with E-state index in [2.05, 4.69) is 10.3 Å². The van der Waals surface area contributed by atoms with Crippen LogP contribution in [0.5, 0.6) is 0 Å². The first-order chi connectivity index (χ1) is 8.59. The predicted octanol–water partition coefficient (Wildman–Crippen LogP) is 0.847. The summed E-state index contributed by atoms with van der Waals surface area (Å²) in [5.41, 5.74) is 0.612. The number of anilines is 1. The number of aromatic nitrogens is 1. The Morgan fingerprint density at radius 2 is 2.39 bits per heavy atom. The highest BCUT2D eigenvalue weighted by Crippen LogP contribution is 2.19. The van der Waals surface area contributed by atoms with Crippen LogP contribution in [0.15, 0.2) is 24.5 Å². The molecular weight excluding hydrogens is 250 g/mol. The molecule has 2 heterocycles. The lowest BCUT2D eigenvalue weighted by atomic mass is 10.0. The number of rotatable bonds is 4. The molecule has 1 N–H and O–H groups in total. The summed E-state index contributed by atoms with van der Waals surface area (Å²) in [6.45, 7) is 1.79. The minimum atomic E-state index is -3.26. The molecule has 1 aliphatic rings. The Bertz CT molecular complexity index is 469. The van der Waals surface area contributed by atoms with Crippen molar-refractivity contribution in [3.05, 3.63) is 24.5 Å². The molecule has 5 nitrogen and oxygen atoms in total. The summed E-state index contributed by atoms with van der Waals surface area (Å²) < 4.78 is 25.9. The number of pyridine rings is 1. The fraction of sp³-hybridized carbons (Fsp3) is 0.583. The van der Waals surface area contributed by atoms with Crippen molar-refractivity contribution in [3.8, 4) is 0 Å². The average molecular weight is 269 g/mol. The minimum absolute atomic E-state index is 0.200. The molecule has 18 heavy (non-hydrogen) atoms. The van der Waals surface area contributed by atoms with Crippen molar-refractivity contribution in [2.45, 2.75) is 12.8 Å². The van der Waals surface area contributed by atoms with Gasteiger partial charge >= 0.3 is 0 Å². The van der Waals surface area contributed by atoms with E-state index < -0.39 is 10.0 Å². The molecule has 0 aliphatic carbocycles. The van der Waals surface area contributed by atoms with Crippen molar-refractivity contribution in [1.29, 1.82) is 0 Å². The second kappa shape index (κ2) is 5.67. The van der Waals surface area contributed by atoms with E-state index in [0.29, 0.717) is 5.69 Å². The molecule has 0 radical (unpaired) electrons. The van der Waals surface area contributed by atoms with Crippen molar-refractivity contribution in [1.82, 2.24) is 10.3 Å². The van der Waals surface area contributed by atoms with Crippen LogP contribution in [0.25, 0.3) is 0 Å². The monoisotopic (exact) mass is 269 g/mol. The van der Waals surface area contributed by atoms with Crippen LogP contribution < -0.4 is 9.62 Å². The number of nitrogens with zero attached hydrogens (tertiary/aromatic N) is 2. The van der Waals surface area contributed by atoms with Crippen LogP contribution in [-0.4, -0.2) is 39.3 Å². The zero-order valence-corrected chi connectivity index (χ0v) is 11.4. The SMILES string of the molecule is CN(c1cccnc1)S(=O)(=O)CC1CCCNC1. The van der Waals surface area contributed by atoms with Crippen LogP contribution >= 0.6 is 0 Å². The van der Waals surface area contributed by atoms with Gasteiger partial charge in [0.2, 0.25) is 10.0 Å². The molecule has 0 aromatic carbocycles. The van der Waals surface area contributed by atoms with Crippen molar-refractivity contribution >= 4 is 15.7 Å². The number of piperidine rings is 1. The Morgan fingerprint density at radius 1 is 1.56 bits per heavy atom. The Kier molecular flexibility index (Phi) is 4.19. The fourth-order valence-corrected chi connectivity index (χ4v) is 3.71. The molecule has 0 amide bonds. The first-order valence-electron chi connectivity index (χ1n) is 6.17. The van der Waals surface area contributed by atoms with E-state index in [0.717, 1.165) is 25.9 Å². The molecule has 1 unspecified atom stereocenters. The Labute approximate surface area is 108 Å². The van der Waals surface area contributed by atoms with Crippen LogP contribution in [0.1, 0.15) is 12.8 Å². The summed E-state index contributed by atoms with van der Waals surface area (Å²) in [6, 6.07) is 3.49. The maximum atomic E-state index is 12.3. The average Bonchev–Trinajstić information content (AvgIpc) is 2.39. The normalized spacial score (nSPS) is 20.6. The summed E-state index contributed by atoms with van der Waals surface area (Å²) in [5.74, 6) is 0.411. The van der Waals surface area contributed by atoms with E-state index in [9.17, 15) is 8.42 Å². The molecule has 1 saturated heterocycles. The zero-order chi connectivity index (χ0) is 13.0. The largest absolute Gasteiger partial charge is 0.316 e. The van der Waals surface area contributed by atoms with E-state index >= 15 is 0 Å².